The van der Waals surface area contributed by atoms with Crippen molar-refractivity contribution in [2.24, 2.45) is 0 Å². The lowest BCUT2D eigenvalue weighted by Gasteiger charge is -2.26. The van der Waals surface area contributed by atoms with Gasteiger partial charge >= 0.3 is 6.09 Å². The standard InChI is InChI=1S/C20H20ClF2N3O5.CH4/c1-20(2,3)31-19(28)25(5)17-14(22)8-9-15(16(17)23)24(4)18(27)12-10-11(26(29)30)6-7-13(12)21;/h6-10H,1-5H3;1H4. The molecule has 0 unspecified atom stereocenters. The van der Waals surface area contributed by atoms with Gasteiger partial charge in [0.2, 0.25) is 0 Å². The number of nitro benzene ring substituents is 1. The number of halogens is 3. The Morgan fingerprint density at radius 3 is 2.22 bits per heavy atom. The zero-order valence-corrected chi connectivity index (χ0v) is 18.2. The lowest BCUT2D eigenvalue weighted by Crippen LogP contribution is -2.35. The highest BCUT2D eigenvalue weighted by Gasteiger charge is 2.29. The summed E-state index contributed by atoms with van der Waals surface area (Å²) in [6, 6.07) is 5.12. The second-order valence-electron chi connectivity index (χ2n) is 7.55. The van der Waals surface area contributed by atoms with Gasteiger partial charge in [-0.15, -0.1) is 0 Å². The van der Waals surface area contributed by atoms with Gasteiger partial charge in [0, 0.05) is 26.2 Å². The Morgan fingerprint density at radius 1 is 1.09 bits per heavy atom. The first-order valence-corrected chi connectivity index (χ1v) is 9.29. The van der Waals surface area contributed by atoms with Gasteiger partial charge in [-0.25, -0.2) is 13.6 Å². The predicted octanol–water partition coefficient (Wildman–Crippen LogP) is 5.81. The summed E-state index contributed by atoms with van der Waals surface area (Å²) in [5.41, 5.74) is -2.63. The highest BCUT2D eigenvalue weighted by atomic mass is 35.5. The number of benzene rings is 2. The van der Waals surface area contributed by atoms with Crippen molar-refractivity contribution in [2.75, 3.05) is 23.9 Å². The molecule has 0 spiro atoms. The minimum Gasteiger partial charge on any atom is -0.443 e. The molecule has 0 heterocycles. The summed E-state index contributed by atoms with van der Waals surface area (Å²) in [4.78, 5) is 36.8. The molecule has 0 aliphatic heterocycles. The number of nitro groups is 1. The van der Waals surface area contributed by atoms with Gasteiger partial charge in [0.1, 0.15) is 17.1 Å². The predicted molar refractivity (Wildman–Crippen MR) is 119 cm³/mol. The Kier molecular flexibility index (Phi) is 8.28. The fraction of sp³-hybridized carbons (Fsp3) is 0.333. The van der Waals surface area contributed by atoms with Crippen molar-refractivity contribution in [1.82, 2.24) is 0 Å². The number of carbonyl (C=O) groups excluding carboxylic acids is 2. The second kappa shape index (κ2) is 9.90. The van der Waals surface area contributed by atoms with E-state index in [9.17, 15) is 24.1 Å². The molecule has 0 saturated carbocycles. The molecule has 0 bridgehead atoms. The van der Waals surface area contributed by atoms with Gasteiger partial charge in [0.05, 0.1) is 21.2 Å². The SMILES string of the molecule is C.CN(C(=O)c1cc([N+](=O)[O-])ccc1Cl)c1ccc(F)c(N(C)C(=O)OC(C)(C)C)c1F. The Labute approximate surface area is 189 Å². The third-order valence-electron chi connectivity index (χ3n) is 4.11. The van der Waals surface area contributed by atoms with E-state index < -0.39 is 39.8 Å². The summed E-state index contributed by atoms with van der Waals surface area (Å²) < 4.78 is 34.7. The van der Waals surface area contributed by atoms with Crippen LogP contribution in [0.2, 0.25) is 5.02 Å². The maximum atomic E-state index is 15.2. The lowest BCUT2D eigenvalue weighted by molar-refractivity contribution is -0.384. The van der Waals surface area contributed by atoms with Crippen molar-refractivity contribution in [2.45, 2.75) is 33.8 Å². The van der Waals surface area contributed by atoms with Crippen LogP contribution in [-0.4, -0.2) is 36.6 Å². The van der Waals surface area contributed by atoms with Crippen LogP contribution in [0.1, 0.15) is 38.6 Å². The van der Waals surface area contributed by atoms with Gasteiger partial charge in [-0.05, 0) is 39.0 Å². The van der Waals surface area contributed by atoms with Gasteiger partial charge in [-0.2, -0.15) is 0 Å². The Hall–Kier alpha value is -3.27. The first kappa shape index (κ1) is 26.8. The van der Waals surface area contributed by atoms with E-state index in [1.807, 2.05) is 0 Å². The molecule has 0 radical (unpaired) electrons. The molecule has 0 atom stereocenters. The van der Waals surface area contributed by atoms with E-state index in [4.69, 9.17) is 16.3 Å². The quantitative estimate of drug-likeness (QED) is 0.414. The molecule has 0 fully saturated rings. The van der Waals surface area contributed by atoms with Crippen LogP contribution in [0.15, 0.2) is 30.3 Å². The summed E-state index contributed by atoms with van der Waals surface area (Å²) in [7, 11) is 2.31. The molecule has 2 aromatic rings. The molecule has 8 nitrogen and oxygen atoms in total. The largest absolute Gasteiger partial charge is 0.443 e. The molecule has 0 aliphatic rings. The van der Waals surface area contributed by atoms with E-state index in [1.165, 1.54) is 13.1 Å². The molecule has 2 aromatic carbocycles. The third kappa shape index (κ3) is 5.70. The Bertz CT molecular complexity index is 1060. The molecule has 174 valence electrons. The first-order chi connectivity index (χ1) is 14.2. The van der Waals surface area contributed by atoms with E-state index in [0.29, 0.717) is 4.90 Å². The molecule has 0 N–H and O–H groups in total. The third-order valence-corrected chi connectivity index (χ3v) is 4.44. The maximum absolute atomic E-state index is 15.2. The lowest BCUT2D eigenvalue weighted by atomic mass is 10.1. The fourth-order valence-corrected chi connectivity index (χ4v) is 2.80. The van der Waals surface area contributed by atoms with Crippen LogP contribution in [0.4, 0.5) is 30.6 Å². The molecular weight excluding hydrogens is 448 g/mol. The van der Waals surface area contributed by atoms with Crippen LogP contribution in [0, 0.1) is 21.7 Å². The van der Waals surface area contributed by atoms with Crippen molar-refractivity contribution in [1.29, 1.82) is 0 Å². The topological polar surface area (TPSA) is 93.0 Å². The minimum absolute atomic E-state index is 0. The molecule has 0 aromatic heterocycles. The summed E-state index contributed by atoms with van der Waals surface area (Å²) in [6.07, 6.45) is -1.00. The molecule has 0 saturated heterocycles. The molecule has 32 heavy (non-hydrogen) atoms. The highest BCUT2D eigenvalue weighted by Crippen LogP contribution is 2.33. The van der Waals surface area contributed by atoms with E-state index in [-0.39, 0.29) is 29.4 Å². The van der Waals surface area contributed by atoms with E-state index in [1.54, 1.807) is 20.8 Å². The highest BCUT2D eigenvalue weighted by molar-refractivity contribution is 6.34. The van der Waals surface area contributed by atoms with Gasteiger partial charge in [0.15, 0.2) is 5.82 Å². The number of nitrogens with zero attached hydrogens (tertiary/aromatic N) is 3. The van der Waals surface area contributed by atoms with Gasteiger partial charge < -0.3 is 9.64 Å². The second-order valence-corrected chi connectivity index (χ2v) is 7.96. The van der Waals surface area contributed by atoms with Crippen molar-refractivity contribution in [3.8, 4) is 0 Å². The maximum Gasteiger partial charge on any atom is 0.414 e. The summed E-state index contributed by atoms with van der Waals surface area (Å²) in [6.45, 7) is 4.78. The number of anilines is 2. The molecule has 2 rings (SSSR count). The van der Waals surface area contributed by atoms with E-state index in [2.05, 4.69) is 0 Å². The molecule has 11 heteroatoms. The fourth-order valence-electron chi connectivity index (χ4n) is 2.60. The zero-order chi connectivity index (χ0) is 23.7. The van der Waals surface area contributed by atoms with Crippen LogP contribution >= 0.6 is 11.6 Å². The van der Waals surface area contributed by atoms with Crippen molar-refractivity contribution in [3.05, 3.63) is 62.7 Å². The average molecular weight is 472 g/mol. The monoisotopic (exact) mass is 471 g/mol. The van der Waals surface area contributed by atoms with E-state index >= 15 is 4.39 Å². The minimum atomic E-state index is -1.20. The number of hydrogen-bond acceptors (Lipinski definition) is 5. The Morgan fingerprint density at radius 2 is 1.69 bits per heavy atom. The van der Waals surface area contributed by atoms with Gasteiger partial charge in [0.25, 0.3) is 11.6 Å². The van der Waals surface area contributed by atoms with Gasteiger partial charge in [-0.1, -0.05) is 19.0 Å². The molecular formula is C21H24ClF2N3O5. The molecule has 0 aliphatic carbocycles. The number of amides is 2. The summed E-state index contributed by atoms with van der Waals surface area (Å²) in [5, 5.41) is 10.9. The zero-order valence-electron chi connectivity index (χ0n) is 17.4. The van der Waals surface area contributed by atoms with Crippen LogP contribution in [0.3, 0.4) is 0 Å². The van der Waals surface area contributed by atoms with Crippen molar-refractivity contribution < 1.29 is 28.0 Å². The number of rotatable bonds is 4. The van der Waals surface area contributed by atoms with E-state index in [0.717, 1.165) is 36.2 Å². The number of non-ortho nitro benzene ring substituents is 1. The van der Waals surface area contributed by atoms with Gasteiger partial charge in [-0.3, -0.25) is 19.8 Å². The van der Waals surface area contributed by atoms with Crippen LogP contribution < -0.4 is 9.80 Å². The average Bonchev–Trinajstić information content (AvgIpc) is 2.65. The molecule has 2 amide bonds. The summed E-state index contributed by atoms with van der Waals surface area (Å²) in [5.74, 6) is -3.13. The van der Waals surface area contributed by atoms with Crippen LogP contribution in [0.5, 0.6) is 0 Å². The summed E-state index contributed by atoms with van der Waals surface area (Å²) >= 11 is 5.98. The first-order valence-electron chi connectivity index (χ1n) is 8.91. The normalized spacial score (nSPS) is 10.8. The van der Waals surface area contributed by atoms with Crippen molar-refractivity contribution in [3.63, 3.8) is 0 Å². The Balaban J connectivity index is 0.00000512. The number of carbonyl (C=O) groups is 2. The number of ether oxygens (including phenoxy) is 1. The van der Waals surface area contributed by atoms with Crippen LogP contribution in [0.25, 0.3) is 0 Å². The smallest absolute Gasteiger partial charge is 0.414 e. The van der Waals surface area contributed by atoms with Crippen LogP contribution in [-0.2, 0) is 4.74 Å². The number of hydrogen-bond donors (Lipinski definition) is 0. The van der Waals surface area contributed by atoms with Crippen molar-refractivity contribution >= 4 is 40.7 Å².